The molecule has 54 valence electrons. The molecular weight excluding hydrogens is 128 g/mol. The van der Waals surface area contributed by atoms with Gasteiger partial charge in [-0.1, -0.05) is 6.07 Å². The van der Waals surface area contributed by atoms with Crippen molar-refractivity contribution in [3.8, 4) is 0 Å². The van der Waals surface area contributed by atoms with Crippen LogP contribution in [-0.2, 0) is 0 Å². The van der Waals surface area contributed by atoms with Crippen molar-refractivity contribution in [2.24, 2.45) is 11.5 Å². The molecule has 4 nitrogen and oxygen atoms in total. The lowest BCUT2D eigenvalue weighted by molar-refractivity contribution is 1.33. The van der Waals surface area contributed by atoms with Crippen molar-refractivity contribution in [2.45, 2.75) is 0 Å². The van der Waals surface area contributed by atoms with Crippen LogP contribution in [0, 0.1) is 5.41 Å². The number of nitrogens with one attached hydrogen (secondary N) is 1. The largest absolute Gasteiger partial charge is 0.370 e. The highest BCUT2D eigenvalue weighted by Gasteiger charge is 1.58. The van der Waals surface area contributed by atoms with Gasteiger partial charge in [0.05, 0.1) is 0 Å². The summed E-state index contributed by atoms with van der Waals surface area (Å²) in [5.74, 6) is -0.333. The van der Waals surface area contributed by atoms with Crippen LogP contribution in [0.2, 0.25) is 0 Å². The minimum Gasteiger partial charge on any atom is -0.370 e. The van der Waals surface area contributed by atoms with Gasteiger partial charge in [-0.05, 0) is 12.1 Å². The second kappa shape index (κ2) is 5.55. The lowest BCUT2D eigenvalue weighted by Gasteiger charge is -1.70. The van der Waals surface area contributed by atoms with Gasteiger partial charge in [-0.25, -0.2) is 0 Å². The Balaban J connectivity index is 0.000000180. The van der Waals surface area contributed by atoms with Gasteiger partial charge in [-0.15, -0.1) is 0 Å². The lowest BCUT2D eigenvalue weighted by Crippen LogP contribution is -2.20. The summed E-state index contributed by atoms with van der Waals surface area (Å²) in [4.78, 5) is 3.78. The lowest BCUT2D eigenvalue weighted by atomic mass is 10.5. The normalized spacial score (nSPS) is 7.20. The summed E-state index contributed by atoms with van der Waals surface area (Å²) in [5.41, 5.74) is 8.94. The third-order valence-electron chi connectivity index (χ3n) is 0.566. The summed E-state index contributed by atoms with van der Waals surface area (Å²) in [6, 6.07) is 5.72. The van der Waals surface area contributed by atoms with Gasteiger partial charge in [0.2, 0.25) is 0 Å². The topological polar surface area (TPSA) is 88.8 Å². The number of aromatic nitrogens is 1. The maximum Gasteiger partial charge on any atom is 0.183 e. The molecule has 0 aliphatic heterocycles. The zero-order chi connectivity index (χ0) is 7.82. The van der Waals surface area contributed by atoms with Crippen molar-refractivity contribution in [3.63, 3.8) is 0 Å². The first-order valence-electron chi connectivity index (χ1n) is 2.68. The molecule has 10 heavy (non-hydrogen) atoms. The van der Waals surface area contributed by atoms with E-state index in [0.717, 1.165) is 0 Å². The molecule has 1 rings (SSSR count). The van der Waals surface area contributed by atoms with Crippen LogP contribution in [0.25, 0.3) is 0 Å². The first-order valence-corrected chi connectivity index (χ1v) is 2.68. The predicted octanol–water partition coefficient (Wildman–Crippen LogP) is -0.0798. The Morgan fingerprint density at radius 1 is 1.10 bits per heavy atom. The summed E-state index contributed by atoms with van der Waals surface area (Å²) < 4.78 is 0. The summed E-state index contributed by atoms with van der Waals surface area (Å²) in [7, 11) is 0. The smallest absolute Gasteiger partial charge is 0.183 e. The average Bonchev–Trinajstić information content (AvgIpc) is 1.90. The summed E-state index contributed by atoms with van der Waals surface area (Å²) >= 11 is 0. The molecule has 0 aliphatic carbocycles. The van der Waals surface area contributed by atoms with Gasteiger partial charge in [0.15, 0.2) is 5.96 Å². The number of pyridine rings is 1. The van der Waals surface area contributed by atoms with Gasteiger partial charge in [-0.3, -0.25) is 10.4 Å². The number of rotatable bonds is 0. The van der Waals surface area contributed by atoms with Crippen LogP contribution in [0.3, 0.4) is 0 Å². The quantitative estimate of drug-likeness (QED) is 0.346. The third kappa shape index (κ3) is 9.65. The zero-order valence-electron chi connectivity index (χ0n) is 5.49. The Bertz CT molecular complexity index is 142. The van der Waals surface area contributed by atoms with Gasteiger partial charge in [0.25, 0.3) is 0 Å². The van der Waals surface area contributed by atoms with Crippen LogP contribution >= 0.6 is 0 Å². The summed E-state index contributed by atoms with van der Waals surface area (Å²) in [6.07, 6.45) is 3.50. The van der Waals surface area contributed by atoms with E-state index in [0.29, 0.717) is 0 Å². The van der Waals surface area contributed by atoms with Crippen LogP contribution in [0.5, 0.6) is 0 Å². The van der Waals surface area contributed by atoms with Crippen molar-refractivity contribution >= 4 is 5.96 Å². The Morgan fingerprint density at radius 3 is 1.60 bits per heavy atom. The Morgan fingerprint density at radius 2 is 1.50 bits per heavy atom. The molecule has 5 N–H and O–H groups in total. The van der Waals surface area contributed by atoms with Crippen molar-refractivity contribution < 1.29 is 0 Å². The van der Waals surface area contributed by atoms with Crippen LogP contribution in [0.15, 0.2) is 30.6 Å². The highest BCUT2D eigenvalue weighted by atomic mass is 14.9. The Kier molecular flexibility index (Phi) is 4.68. The zero-order valence-corrected chi connectivity index (χ0v) is 5.49. The predicted molar refractivity (Wildman–Crippen MR) is 40.3 cm³/mol. The van der Waals surface area contributed by atoms with Crippen LogP contribution in [0.1, 0.15) is 0 Å². The van der Waals surface area contributed by atoms with E-state index >= 15 is 0 Å². The monoisotopic (exact) mass is 138 g/mol. The van der Waals surface area contributed by atoms with E-state index in [1.54, 1.807) is 12.4 Å². The number of guanidine groups is 1. The van der Waals surface area contributed by atoms with Crippen molar-refractivity contribution in [3.05, 3.63) is 30.6 Å². The molecule has 0 saturated carbocycles. The maximum atomic E-state index is 6.06. The van der Waals surface area contributed by atoms with E-state index in [-0.39, 0.29) is 5.96 Å². The molecule has 0 unspecified atom stereocenters. The first kappa shape index (κ1) is 8.42. The molecule has 0 spiro atoms. The van der Waals surface area contributed by atoms with E-state index in [1.165, 1.54) is 0 Å². The molecule has 0 saturated heterocycles. The minimum atomic E-state index is -0.333. The second-order valence-corrected chi connectivity index (χ2v) is 1.48. The molecule has 0 fully saturated rings. The molecular formula is C6H10N4. The van der Waals surface area contributed by atoms with Gasteiger partial charge in [0, 0.05) is 12.4 Å². The minimum absolute atomic E-state index is 0.333. The molecule has 0 radical (unpaired) electrons. The van der Waals surface area contributed by atoms with Crippen LogP contribution in [0.4, 0.5) is 0 Å². The Labute approximate surface area is 59.4 Å². The number of hydrogen-bond donors (Lipinski definition) is 3. The number of hydrogen-bond acceptors (Lipinski definition) is 2. The van der Waals surface area contributed by atoms with E-state index in [2.05, 4.69) is 16.5 Å². The van der Waals surface area contributed by atoms with Gasteiger partial charge < -0.3 is 11.5 Å². The van der Waals surface area contributed by atoms with Gasteiger partial charge in [0.1, 0.15) is 0 Å². The molecule has 1 aromatic rings. The van der Waals surface area contributed by atoms with Crippen LogP contribution < -0.4 is 11.5 Å². The van der Waals surface area contributed by atoms with Crippen LogP contribution in [-0.4, -0.2) is 10.9 Å². The summed E-state index contributed by atoms with van der Waals surface area (Å²) in [5, 5.41) is 6.06. The maximum absolute atomic E-state index is 6.06. The highest BCUT2D eigenvalue weighted by Crippen LogP contribution is 1.73. The van der Waals surface area contributed by atoms with Crippen molar-refractivity contribution in [1.82, 2.24) is 4.98 Å². The molecule has 4 heteroatoms. The van der Waals surface area contributed by atoms with E-state index in [1.807, 2.05) is 18.2 Å². The van der Waals surface area contributed by atoms with Gasteiger partial charge in [-0.2, -0.15) is 0 Å². The van der Waals surface area contributed by atoms with E-state index in [9.17, 15) is 0 Å². The fraction of sp³-hybridized carbons (Fsp3) is 0. The molecule has 0 atom stereocenters. The SMILES string of the molecule is N=C(N)N.c1ccncc1. The third-order valence-corrected chi connectivity index (χ3v) is 0.566. The Hall–Kier alpha value is -1.58. The van der Waals surface area contributed by atoms with E-state index in [4.69, 9.17) is 5.41 Å². The molecule has 0 amide bonds. The first-order chi connectivity index (χ1) is 4.73. The molecule has 0 aromatic carbocycles. The molecule has 1 aromatic heterocycles. The van der Waals surface area contributed by atoms with Crippen molar-refractivity contribution in [1.29, 1.82) is 5.41 Å². The standard InChI is InChI=1S/C5H5N.CH5N3/c1-2-4-6-5-3-1;2-1(3)4/h1-5H;(H5,2,3,4). The fourth-order valence-corrected chi connectivity index (χ4v) is 0.313. The number of nitrogens with two attached hydrogens (primary N) is 2. The van der Waals surface area contributed by atoms with E-state index < -0.39 is 0 Å². The number of nitrogens with zero attached hydrogens (tertiary/aromatic N) is 1. The summed E-state index contributed by atoms with van der Waals surface area (Å²) in [6.45, 7) is 0. The molecule has 0 aliphatic rings. The molecule has 0 bridgehead atoms. The average molecular weight is 138 g/mol. The van der Waals surface area contributed by atoms with Crippen molar-refractivity contribution in [2.75, 3.05) is 0 Å². The second-order valence-electron chi connectivity index (χ2n) is 1.48. The molecule has 1 heterocycles. The fourth-order valence-electron chi connectivity index (χ4n) is 0.313. The van der Waals surface area contributed by atoms with Gasteiger partial charge >= 0.3 is 0 Å². The highest BCUT2D eigenvalue weighted by molar-refractivity contribution is 5.71.